The molecule has 20 heavy (non-hydrogen) atoms. The molecule has 4 nitrogen and oxygen atoms in total. The summed E-state index contributed by atoms with van der Waals surface area (Å²) in [6.45, 7) is 2.19. The van der Waals surface area contributed by atoms with Crippen molar-refractivity contribution < 1.29 is 14.2 Å². The molecule has 1 saturated heterocycles. The molecule has 1 aromatic rings. The highest BCUT2D eigenvalue weighted by Gasteiger charge is 2.22. The number of piperidine rings is 1. The molecule has 1 aliphatic heterocycles. The summed E-state index contributed by atoms with van der Waals surface area (Å²) >= 11 is 3.56. The van der Waals surface area contributed by atoms with Crippen LogP contribution in [0.2, 0.25) is 0 Å². The molecule has 0 radical (unpaired) electrons. The third-order valence-corrected chi connectivity index (χ3v) is 4.48. The van der Waals surface area contributed by atoms with E-state index < -0.39 is 0 Å². The summed E-state index contributed by atoms with van der Waals surface area (Å²) in [4.78, 5) is 0. The van der Waals surface area contributed by atoms with Gasteiger partial charge in [0.05, 0.1) is 21.3 Å². The Labute approximate surface area is 128 Å². The number of benzene rings is 1. The Morgan fingerprint density at radius 3 is 2.50 bits per heavy atom. The van der Waals surface area contributed by atoms with Crippen LogP contribution in [-0.4, -0.2) is 34.4 Å². The minimum atomic E-state index is 0.641. The normalized spacial score (nSPS) is 18.7. The lowest BCUT2D eigenvalue weighted by Crippen LogP contribution is -2.30. The number of rotatable bonds is 5. The van der Waals surface area contributed by atoms with E-state index in [1.807, 2.05) is 6.07 Å². The number of methoxy groups -OCH3 is 3. The largest absolute Gasteiger partial charge is 0.495 e. The van der Waals surface area contributed by atoms with Crippen molar-refractivity contribution >= 4 is 15.9 Å². The highest BCUT2D eigenvalue weighted by molar-refractivity contribution is 9.10. The molecule has 1 aliphatic rings. The summed E-state index contributed by atoms with van der Waals surface area (Å²) < 4.78 is 17.2. The summed E-state index contributed by atoms with van der Waals surface area (Å²) in [6.07, 6.45) is 3.47. The molecule has 0 spiro atoms. The Balaban J connectivity index is 2.32. The fourth-order valence-electron chi connectivity index (χ4n) is 2.76. The molecule has 1 unspecified atom stereocenters. The van der Waals surface area contributed by atoms with E-state index in [-0.39, 0.29) is 0 Å². The maximum absolute atomic E-state index is 5.56. The third kappa shape index (κ3) is 3.20. The van der Waals surface area contributed by atoms with Gasteiger partial charge in [0, 0.05) is 0 Å². The monoisotopic (exact) mass is 343 g/mol. The van der Waals surface area contributed by atoms with E-state index in [9.17, 15) is 0 Å². The standard InChI is InChI=1S/C15H22BrNO3/c1-18-12-8-11(7-10-5-4-6-17-9-10)14(19-2)13(16)15(12)20-3/h8,10,17H,4-7,9H2,1-3H3. The van der Waals surface area contributed by atoms with Crippen molar-refractivity contribution in [2.75, 3.05) is 34.4 Å². The molecular formula is C15H22BrNO3. The molecule has 0 bridgehead atoms. The predicted octanol–water partition coefficient (Wildman–Crippen LogP) is 3.02. The maximum Gasteiger partial charge on any atom is 0.178 e. The highest BCUT2D eigenvalue weighted by atomic mass is 79.9. The van der Waals surface area contributed by atoms with Gasteiger partial charge in [-0.25, -0.2) is 0 Å². The van der Waals surface area contributed by atoms with E-state index in [4.69, 9.17) is 14.2 Å². The molecule has 1 atom stereocenters. The van der Waals surface area contributed by atoms with E-state index in [0.717, 1.165) is 41.0 Å². The average Bonchev–Trinajstić information content (AvgIpc) is 2.48. The molecule has 1 aromatic carbocycles. The summed E-state index contributed by atoms with van der Waals surface area (Å²) in [6, 6.07) is 2.02. The smallest absolute Gasteiger partial charge is 0.178 e. The summed E-state index contributed by atoms with van der Waals surface area (Å²) in [7, 11) is 4.98. The highest BCUT2D eigenvalue weighted by Crippen LogP contribution is 2.44. The number of ether oxygens (including phenoxy) is 3. The van der Waals surface area contributed by atoms with Gasteiger partial charge in [-0.1, -0.05) is 0 Å². The van der Waals surface area contributed by atoms with Crippen molar-refractivity contribution in [1.29, 1.82) is 0 Å². The topological polar surface area (TPSA) is 39.7 Å². The lowest BCUT2D eigenvalue weighted by Gasteiger charge is -2.24. The second kappa shape index (κ2) is 7.18. The van der Waals surface area contributed by atoms with Crippen molar-refractivity contribution in [2.24, 2.45) is 5.92 Å². The Morgan fingerprint density at radius 1 is 1.20 bits per heavy atom. The van der Waals surface area contributed by atoms with Crippen LogP contribution < -0.4 is 19.5 Å². The quantitative estimate of drug-likeness (QED) is 0.891. The summed E-state index contributed by atoms with van der Waals surface area (Å²) in [5, 5.41) is 3.45. The van der Waals surface area contributed by atoms with Crippen LogP contribution in [0.15, 0.2) is 10.5 Å². The lowest BCUT2D eigenvalue weighted by molar-refractivity contribution is 0.338. The number of hydrogen-bond donors (Lipinski definition) is 1. The predicted molar refractivity (Wildman–Crippen MR) is 83.1 cm³/mol. The van der Waals surface area contributed by atoms with Gasteiger partial charge in [0.2, 0.25) is 0 Å². The lowest BCUT2D eigenvalue weighted by atomic mass is 9.92. The van der Waals surface area contributed by atoms with Crippen molar-refractivity contribution in [3.8, 4) is 17.2 Å². The first kappa shape index (κ1) is 15.4. The zero-order valence-corrected chi connectivity index (χ0v) is 13.9. The van der Waals surface area contributed by atoms with Gasteiger partial charge in [0.1, 0.15) is 10.2 Å². The molecule has 0 aromatic heterocycles. The van der Waals surface area contributed by atoms with Crippen molar-refractivity contribution in [2.45, 2.75) is 19.3 Å². The first-order valence-electron chi connectivity index (χ1n) is 6.89. The van der Waals surface area contributed by atoms with Crippen LogP contribution in [0.3, 0.4) is 0 Å². The van der Waals surface area contributed by atoms with Crippen molar-refractivity contribution in [3.63, 3.8) is 0 Å². The minimum absolute atomic E-state index is 0.641. The van der Waals surface area contributed by atoms with E-state index in [1.54, 1.807) is 21.3 Å². The number of halogens is 1. The zero-order chi connectivity index (χ0) is 14.5. The fourth-order valence-corrected chi connectivity index (χ4v) is 3.54. The zero-order valence-electron chi connectivity index (χ0n) is 12.3. The van der Waals surface area contributed by atoms with Crippen molar-refractivity contribution in [3.05, 3.63) is 16.1 Å². The van der Waals surface area contributed by atoms with Gasteiger partial charge in [-0.15, -0.1) is 0 Å². The Hall–Kier alpha value is -0.940. The molecule has 1 fully saturated rings. The van der Waals surface area contributed by atoms with E-state index >= 15 is 0 Å². The molecule has 112 valence electrons. The maximum atomic E-state index is 5.56. The van der Waals surface area contributed by atoms with Gasteiger partial charge in [0.15, 0.2) is 11.5 Å². The van der Waals surface area contributed by atoms with Gasteiger partial charge < -0.3 is 19.5 Å². The second-order valence-electron chi connectivity index (χ2n) is 5.03. The van der Waals surface area contributed by atoms with Gasteiger partial charge in [-0.2, -0.15) is 0 Å². The Morgan fingerprint density at radius 2 is 1.95 bits per heavy atom. The van der Waals surface area contributed by atoms with Gasteiger partial charge in [0.25, 0.3) is 0 Å². The van der Waals surface area contributed by atoms with Gasteiger partial charge >= 0.3 is 0 Å². The molecule has 1 N–H and O–H groups in total. The first-order valence-corrected chi connectivity index (χ1v) is 7.68. The Kier molecular flexibility index (Phi) is 5.54. The van der Waals surface area contributed by atoms with E-state index in [1.165, 1.54) is 12.8 Å². The number of nitrogens with one attached hydrogen (secondary N) is 1. The van der Waals surface area contributed by atoms with E-state index in [0.29, 0.717) is 11.7 Å². The summed E-state index contributed by atoms with van der Waals surface area (Å²) in [5.41, 5.74) is 1.16. The number of hydrogen-bond acceptors (Lipinski definition) is 4. The fraction of sp³-hybridized carbons (Fsp3) is 0.600. The van der Waals surface area contributed by atoms with Gasteiger partial charge in [-0.05, 0) is 65.8 Å². The van der Waals surface area contributed by atoms with Crippen LogP contribution in [0.1, 0.15) is 18.4 Å². The molecule has 2 rings (SSSR count). The van der Waals surface area contributed by atoms with Crippen LogP contribution in [0.5, 0.6) is 17.2 Å². The molecule has 0 aliphatic carbocycles. The van der Waals surface area contributed by atoms with Crippen LogP contribution in [0, 0.1) is 5.92 Å². The van der Waals surface area contributed by atoms with E-state index in [2.05, 4.69) is 21.2 Å². The van der Waals surface area contributed by atoms with Gasteiger partial charge in [-0.3, -0.25) is 0 Å². The van der Waals surface area contributed by atoms with Crippen LogP contribution in [-0.2, 0) is 6.42 Å². The molecule has 0 amide bonds. The van der Waals surface area contributed by atoms with Crippen LogP contribution in [0.4, 0.5) is 0 Å². The van der Waals surface area contributed by atoms with Crippen LogP contribution in [0.25, 0.3) is 0 Å². The SMILES string of the molecule is COc1cc(CC2CCCNC2)c(OC)c(Br)c1OC. The van der Waals surface area contributed by atoms with Crippen LogP contribution >= 0.6 is 15.9 Å². The molecule has 1 heterocycles. The molecule has 0 saturated carbocycles. The molecule has 5 heteroatoms. The minimum Gasteiger partial charge on any atom is -0.495 e. The third-order valence-electron chi connectivity index (χ3n) is 3.76. The van der Waals surface area contributed by atoms with Crippen molar-refractivity contribution in [1.82, 2.24) is 5.32 Å². The second-order valence-corrected chi connectivity index (χ2v) is 5.83. The Bertz CT molecular complexity index is 459. The molecular weight excluding hydrogens is 322 g/mol. The summed E-state index contributed by atoms with van der Waals surface area (Å²) in [5.74, 6) is 2.89. The average molecular weight is 344 g/mol. The first-order chi connectivity index (χ1) is 9.71.